The minimum Gasteiger partial charge on any atom is -0.409 e. The van der Waals surface area contributed by atoms with E-state index in [4.69, 9.17) is 15.7 Å². The van der Waals surface area contributed by atoms with Crippen LogP contribution < -0.4 is 10.6 Å². The second-order valence-corrected chi connectivity index (χ2v) is 4.03. The molecule has 1 aromatic rings. The molecule has 0 amide bonds. The molecule has 7 nitrogen and oxygen atoms in total. The van der Waals surface area contributed by atoms with Gasteiger partial charge in [-0.3, -0.25) is 0 Å². The summed E-state index contributed by atoms with van der Waals surface area (Å²) in [5.41, 5.74) is 5.77. The average molecular weight is 253 g/mol. The highest BCUT2D eigenvalue weighted by Crippen LogP contribution is 2.12. The second kappa shape index (κ2) is 6.75. The number of nitrogens with two attached hydrogens (primary N) is 1. The molecule has 0 radical (unpaired) electrons. The maximum atomic E-state index is 8.54. The first-order valence-electron chi connectivity index (χ1n) is 5.65. The molecule has 1 rings (SSSR count). The molecule has 3 N–H and O–H groups in total. The molecule has 100 valence electrons. The number of rotatable bonds is 6. The van der Waals surface area contributed by atoms with Crippen molar-refractivity contribution in [3.63, 3.8) is 0 Å². The molecule has 0 saturated heterocycles. The standard InChI is InChI=1S/C11H19N5O2/c1-8(2)16(4-5-18-3)10-7-13-9(6-14-10)11(12)15-17/h6-8,17H,4-5H2,1-3H3,(H2,12,15). The lowest BCUT2D eigenvalue weighted by Crippen LogP contribution is -2.34. The Kier molecular flexibility index (Phi) is 5.31. The van der Waals surface area contributed by atoms with Crippen LogP contribution in [0, 0.1) is 0 Å². The van der Waals surface area contributed by atoms with Crippen LogP contribution >= 0.6 is 0 Å². The van der Waals surface area contributed by atoms with Gasteiger partial charge < -0.3 is 20.6 Å². The molecule has 7 heteroatoms. The van der Waals surface area contributed by atoms with E-state index in [2.05, 4.69) is 33.9 Å². The molecule has 0 aromatic carbocycles. The Balaban J connectivity index is 2.86. The molecule has 0 atom stereocenters. The third kappa shape index (κ3) is 3.56. The third-order valence-corrected chi connectivity index (χ3v) is 2.46. The van der Waals surface area contributed by atoms with Crippen molar-refractivity contribution in [1.29, 1.82) is 0 Å². The van der Waals surface area contributed by atoms with Crippen LogP contribution in [0.15, 0.2) is 17.5 Å². The van der Waals surface area contributed by atoms with Crippen molar-refractivity contribution in [2.45, 2.75) is 19.9 Å². The Morgan fingerprint density at radius 2 is 2.22 bits per heavy atom. The van der Waals surface area contributed by atoms with Gasteiger partial charge in [0, 0.05) is 19.7 Å². The van der Waals surface area contributed by atoms with Gasteiger partial charge in [0.05, 0.1) is 19.0 Å². The van der Waals surface area contributed by atoms with Crippen molar-refractivity contribution in [3.8, 4) is 0 Å². The van der Waals surface area contributed by atoms with E-state index >= 15 is 0 Å². The zero-order chi connectivity index (χ0) is 13.5. The van der Waals surface area contributed by atoms with E-state index in [1.54, 1.807) is 13.3 Å². The summed E-state index contributed by atoms with van der Waals surface area (Å²) in [5.74, 6) is 0.679. The summed E-state index contributed by atoms with van der Waals surface area (Å²) in [6.07, 6.45) is 3.08. The molecular formula is C11H19N5O2. The molecular weight excluding hydrogens is 234 g/mol. The molecule has 0 saturated carbocycles. The van der Waals surface area contributed by atoms with Crippen molar-refractivity contribution in [2.75, 3.05) is 25.2 Å². The van der Waals surface area contributed by atoms with E-state index in [-0.39, 0.29) is 11.9 Å². The summed E-state index contributed by atoms with van der Waals surface area (Å²) in [6, 6.07) is 0.282. The van der Waals surface area contributed by atoms with Gasteiger partial charge in [0.15, 0.2) is 5.84 Å². The zero-order valence-corrected chi connectivity index (χ0v) is 10.9. The Hall–Kier alpha value is -1.89. The molecule has 0 fully saturated rings. The van der Waals surface area contributed by atoms with Crippen LogP contribution in [0.5, 0.6) is 0 Å². The number of anilines is 1. The molecule has 0 unspecified atom stereocenters. The largest absolute Gasteiger partial charge is 0.409 e. The number of oxime groups is 1. The number of hydrogen-bond acceptors (Lipinski definition) is 6. The van der Waals surface area contributed by atoms with E-state index in [0.29, 0.717) is 12.3 Å². The maximum absolute atomic E-state index is 8.54. The van der Waals surface area contributed by atoms with Gasteiger partial charge in [-0.15, -0.1) is 0 Å². The summed E-state index contributed by atoms with van der Waals surface area (Å²) in [4.78, 5) is 10.4. The van der Waals surface area contributed by atoms with E-state index in [1.165, 1.54) is 6.20 Å². The first kappa shape index (κ1) is 14.2. The predicted molar refractivity (Wildman–Crippen MR) is 68.9 cm³/mol. The average Bonchev–Trinajstić information content (AvgIpc) is 2.38. The lowest BCUT2D eigenvalue weighted by Gasteiger charge is -2.27. The molecule has 0 aliphatic rings. The minimum absolute atomic E-state index is 0.0537. The fourth-order valence-corrected chi connectivity index (χ4v) is 1.48. The third-order valence-electron chi connectivity index (χ3n) is 2.46. The van der Waals surface area contributed by atoms with E-state index in [1.807, 2.05) is 0 Å². The Bertz CT molecular complexity index is 391. The fourth-order valence-electron chi connectivity index (χ4n) is 1.48. The highest BCUT2D eigenvalue weighted by atomic mass is 16.5. The summed E-state index contributed by atoms with van der Waals surface area (Å²) >= 11 is 0. The van der Waals surface area contributed by atoms with Crippen LogP contribution in [0.2, 0.25) is 0 Å². The number of aromatic nitrogens is 2. The van der Waals surface area contributed by atoms with Gasteiger partial charge in [0.2, 0.25) is 0 Å². The number of methoxy groups -OCH3 is 1. The summed E-state index contributed by atoms with van der Waals surface area (Å²) in [5, 5.41) is 11.4. The maximum Gasteiger partial charge on any atom is 0.190 e. The van der Waals surface area contributed by atoms with Crippen LogP contribution in [0.25, 0.3) is 0 Å². The van der Waals surface area contributed by atoms with Crippen LogP contribution in [0.3, 0.4) is 0 Å². The zero-order valence-electron chi connectivity index (χ0n) is 10.9. The normalized spacial score (nSPS) is 11.9. The smallest absolute Gasteiger partial charge is 0.190 e. The SMILES string of the molecule is COCCN(c1cnc(C(N)=NO)cn1)C(C)C. The minimum atomic E-state index is -0.0537. The Morgan fingerprint density at radius 1 is 1.50 bits per heavy atom. The van der Waals surface area contributed by atoms with Gasteiger partial charge in [-0.2, -0.15) is 0 Å². The molecule has 0 aliphatic heterocycles. The first-order chi connectivity index (χ1) is 8.60. The van der Waals surface area contributed by atoms with Crippen molar-refractivity contribution < 1.29 is 9.94 Å². The van der Waals surface area contributed by atoms with Gasteiger partial charge in [-0.1, -0.05) is 5.16 Å². The molecule has 0 aliphatic carbocycles. The number of hydrogen-bond donors (Lipinski definition) is 2. The quantitative estimate of drug-likeness (QED) is 0.330. The molecule has 1 aromatic heterocycles. The lowest BCUT2D eigenvalue weighted by molar-refractivity contribution is 0.203. The molecule has 0 bridgehead atoms. The van der Waals surface area contributed by atoms with Gasteiger partial charge in [0.25, 0.3) is 0 Å². The van der Waals surface area contributed by atoms with Crippen molar-refractivity contribution >= 4 is 11.7 Å². The van der Waals surface area contributed by atoms with Crippen LogP contribution in [-0.4, -0.2) is 47.3 Å². The molecule has 0 spiro atoms. The van der Waals surface area contributed by atoms with Gasteiger partial charge in [0.1, 0.15) is 11.5 Å². The summed E-state index contributed by atoms with van der Waals surface area (Å²) in [6.45, 7) is 5.47. The van der Waals surface area contributed by atoms with Gasteiger partial charge in [-0.25, -0.2) is 9.97 Å². The van der Waals surface area contributed by atoms with Crippen molar-refractivity contribution in [2.24, 2.45) is 10.9 Å². The summed E-state index contributed by atoms with van der Waals surface area (Å²) < 4.78 is 5.06. The topological polar surface area (TPSA) is 96.9 Å². The summed E-state index contributed by atoms with van der Waals surface area (Å²) in [7, 11) is 1.66. The van der Waals surface area contributed by atoms with Crippen LogP contribution in [0.1, 0.15) is 19.5 Å². The monoisotopic (exact) mass is 253 g/mol. The van der Waals surface area contributed by atoms with Crippen LogP contribution in [-0.2, 0) is 4.74 Å². The number of amidine groups is 1. The molecule has 18 heavy (non-hydrogen) atoms. The Labute approximate surface area is 106 Å². The van der Waals surface area contributed by atoms with Gasteiger partial charge >= 0.3 is 0 Å². The predicted octanol–water partition coefficient (Wildman–Crippen LogP) is 0.432. The highest BCUT2D eigenvalue weighted by molar-refractivity contribution is 5.94. The fraction of sp³-hybridized carbons (Fsp3) is 0.545. The van der Waals surface area contributed by atoms with Crippen molar-refractivity contribution in [1.82, 2.24) is 9.97 Å². The van der Waals surface area contributed by atoms with Crippen molar-refractivity contribution in [3.05, 3.63) is 18.1 Å². The Morgan fingerprint density at radius 3 is 2.67 bits per heavy atom. The number of nitrogens with zero attached hydrogens (tertiary/aromatic N) is 4. The van der Waals surface area contributed by atoms with E-state index in [0.717, 1.165) is 12.4 Å². The van der Waals surface area contributed by atoms with Gasteiger partial charge in [-0.05, 0) is 13.8 Å². The lowest BCUT2D eigenvalue weighted by atomic mass is 10.3. The number of ether oxygens (including phenoxy) is 1. The molecule has 1 heterocycles. The first-order valence-corrected chi connectivity index (χ1v) is 5.65. The van der Waals surface area contributed by atoms with E-state index < -0.39 is 0 Å². The van der Waals surface area contributed by atoms with E-state index in [9.17, 15) is 0 Å². The van der Waals surface area contributed by atoms with Crippen LogP contribution in [0.4, 0.5) is 5.82 Å². The highest BCUT2D eigenvalue weighted by Gasteiger charge is 2.12. The second-order valence-electron chi connectivity index (χ2n) is 4.03.